The predicted octanol–water partition coefficient (Wildman–Crippen LogP) is 5.61. The van der Waals surface area contributed by atoms with Crippen LogP contribution in [0.3, 0.4) is 0 Å². The zero-order valence-corrected chi connectivity index (χ0v) is 12.6. The number of carbonyl (C=O) groups excluding carboxylic acids is 1. The van der Waals surface area contributed by atoms with Crippen molar-refractivity contribution in [3.8, 4) is 0 Å². The van der Waals surface area contributed by atoms with E-state index in [2.05, 4.69) is 27.0 Å². The Morgan fingerprint density at radius 2 is 1.58 bits per heavy atom. The topological polar surface area (TPSA) is 17.1 Å². The Hall–Kier alpha value is -1.89. The number of hydrogen-bond donors (Lipinski definition) is 0. The number of carbonyl (C=O) groups is 1. The van der Waals surface area contributed by atoms with Crippen LogP contribution in [0.25, 0.3) is 0 Å². The Morgan fingerprint density at radius 1 is 1.11 bits per heavy atom. The molecule has 1 heteroatoms. The lowest BCUT2D eigenvalue weighted by Crippen LogP contribution is -2.00. The summed E-state index contributed by atoms with van der Waals surface area (Å²) < 4.78 is 0. The van der Waals surface area contributed by atoms with Crippen LogP contribution in [0, 0.1) is 0 Å². The number of ketones is 1. The molecular weight excluding hydrogens is 232 g/mol. The second kappa shape index (κ2) is 14.2. The van der Waals surface area contributed by atoms with Gasteiger partial charge in [0.15, 0.2) is 5.78 Å². The Bertz CT molecular complexity index is 385. The molecule has 0 atom stereocenters. The second-order valence-corrected chi connectivity index (χ2v) is 3.46. The van der Waals surface area contributed by atoms with Gasteiger partial charge in [-0.05, 0) is 0 Å². The Morgan fingerprint density at radius 3 is 1.95 bits per heavy atom. The zero-order chi connectivity index (χ0) is 15.1. The van der Waals surface area contributed by atoms with Gasteiger partial charge in [-0.1, -0.05) is 95.8 Å². The first-order valence-corrected chi connectivity index (χ1v) is 6.76. The molecule has 19 heavy (non-hydrogen) atoms. The molecule has 0 unspecified atom stereocenters. The Kier molecular flexibility index (Phi) is 14.5. The molecule has 0 amide bonds. The summed E-state index contributed by atoms with van der Waals surface area (Å²) in [7, 11) is 0. The van der Waals surface area contributed by atoms with Gasteiger partial charge in [0.2, 0.25) is 0 Å². The van der Waals surface area contributed by atoms with Gasteiger partial charge >= 0.3 is 0 Å². The summed E-state index contributed by atoms with van der Waals surface area (Å²) in [6, 6.07) is 9.11. The van der Waals surface area contributed by atoms with Crippen molar-refractivity contribution in [3.63, 3.8) is 0 Å². The third-order valence-corrected chi connectivity index (χ3v) is 1.82. The van der Waals surface area contributed by atoms with Crippen LogP contribution in [0.5, 0.6) is 0 Å². The Balaban J connectivity index is 0. The molecule has 0 N–H and O–H groups in total. The van der Waals surface area contributed by atoms with E-state index in [0.29, 0.717) is 11.1 Å². The average Bonchev–Trinajstić information content (AvgIpc) is 2.48. The molecule has 0 spiro atoms. The second-order valence-electron chi connectivity index (χ2n) is 3.46. The standard InChI is InChI=1S/C13H12O.C3H8.C2H6/c1-3-8-11(4-2)13(14)12-9-6-5-7-10-12;1-3-2;1-2/h3-10H,1-2H2;3H2,1-2H3;1-2H3/b11-8+;;. The van der Waals surface area contributed by atoms with Gasteiger partial charge in [0, 0.05) is 11.1 Å². The molecule has 0 bridgehead atoms. The molecule has 0 saturated carbocycles. The third-order valence-electron chi connectivity index (χ3n) is 1.82. The summed E-state index contributed by atoms with van der Waals surface area (Å²) >= 11 is 0. The summed E-state index contributed by atoms with van der Waals surface area (Å²) in [4.78, 5) is 11.8. The number of benzene rings is 1. The summed E-state index contributed by atoms with van der Waals surface area (Å²) in [5.74, 6) is -0.0273. The minimum absolute atomic E-state index is 0.0273. The van der Waals surface area contributed by atoms with E-state index in [1.807, 2.05) is 32.0 Å². The maximum absolute atomic E-state index is 11.8. The van der Waals surface area contributed by atoms with Gasteiger partial charge in [-0.3, -0.25) is 4.79 Å². The van der Waals surface area contributed by atoms with E-state index in [0.717, 1.165) is 0 Å². The van der Waals surface area contributed by atoms with Gasteiger partial charge in [-0.25, -0.2) is 0 Å². The van der Waals surface area contributed by atoms with Gasteiger partial charge in [0.25, 0.3) is 0 Å². The summed E-state index contributed by atoms with van der Waals surface area (Å²) in [5.41, 5.74) is 1.23. The third kappa shape index (κ3) is 8.78. The molecule has 104 valence electrons. The molecule has 1 rings (SSSR count). The van der Waals surface area contributed by atoms with Crippen molar-refractivity contribution in [1.82, 2.24) is 0 Å². The monoisotopic (exact) mass is 258 g/mol. The van der Waals surface area contributed by atoms with E-state index in [9.17, 15) is 4.79 Å². The lowest BCUT2D eigenvalue weighted by Gasteiger charge is -1.99. The largest absolute Gasteiger partial charge is 0.289 e. The fraction of sp³-hybridized carbons (Fsp3) is 0.278. The molecule has 0 aliphatic carbocycles. The molecule has 0 aromatic heterocycles. The van der Waals surface area contributed by atoms with E-state index in [4.69, 9.17) is 0 Å². The maximum Gasteiger partial charge on any atom is 0.192 e. The van der Waals surface area contributed by atoms with Crippen molar-refractivity contribution in [1.29, 1.82) is 0 Å². The molecule has 1 aromatic carbocycles. The van der Waals surface area contributed by atoms with Crippen LogP contribution in [0.2, 0.25) is 0 Å². The SMILES string of the molecule is C=C/C=C(\C=C)C(=O)c1ccccc1.CC.CCC. The van der Waals surface area contributed by atoms with Crippen LogP contribution in [0.1, 0.15) is 44.5 Å². The summed E-state index contributed by atoms with van der Waals surface area (Å²) in [5, 5.41) is 0. The van der Waals surface area contributed by atoms with Crippen LogP contribution in [-0.4, -0.2) is 5.78 Å². The molecule has 0 saturated heterocycles. The van der Waals surface area contributed by atoms with Crippen molar-refractivity contribution in [2.24, 2.45) is 0 Å². The molecule has 0 heterocycles. The number of allylic oxidation sites excluding steroid dienone is 4. The zero-order valence-electron chi connectivity index (χ0n) is 12.6. The molecule has 0 radical (unpaired) electrons. The first-order chi connectivity index (χ1) is 9.21. The number of rotatable bonds is 4. The van der Waals surface area contributed by atoms with Crippen molar-refractivity contribution < 1.29 is 4.79 Å². The van der Waals surface area contributed by atoms with E-state index >= 15 is 0 Å². The summed E-state index contributed by atoms with van der Waals surface area (Å²) in [6.07, 6.45) is 6.02. The van der Waals surface area contributed by atoms with E-state index in [1.165, 1.54) is 12.5 Å². The molecular formula is C18H26O. The van der Waals surface area contributed by atoms with E-state index in [-0.39, 0.29) is 5.78 Å². The molecule has 0 fully saturated rings. The fourth-order valence-corrected chi connectivity index (χ4v) is 1.12. The highest BCUT2D eigenvalue weighted by Gasteiger charge is 2.06. The van der Waals surface area contributed by atoms with Crippen molar-refractivity contribution >= 4 is 5.78 Å². The van der Waals surface area contributed by atoms with Gasteiger partial charge in [0.05, 0.1) is 0 Å². The highest BCUT2D eigenvalue weighted by atomic mass is 16.1. The Labute approximate surface area is 118 Å². The van der Waals surface area contributed by atoms with Crippen LogP contribution >= 0.6 is 0 Å². The predicted molar refractivity (Wildman–Crippen MR) is 86.6 cm³/mol. The minimum Gasteiger partial charge on any atom is -0.289 e. The molecule has 0 aliphatic rings. The average molecular weight is 258 g/mol. The van der Waals surface area contributed by atoms with Crippen LogP contribution in [-0.2, 0) is 0 Å². The van der Waals surface area contributed by atoms with Gasteiger partial charge in [-0.15, -0.1) is 0 Å². The van der Waals surface area contributed by atoms with Gasteiger partial charge < -0.3 is 0 Å². The molecule has 1 nitrogen and oxygen atoms in total. The van der Waals surface area contributed by atoms with Gasteiger partial charge in [0.1, 0.15) is 0 Å². The minimum atomic E-state index is -0.0273. The van der Waals surface area contributed by atoms with E-state index in [1.54, 1.807) is 24.3 Å². The van der Waals surface area contributed by atoms with Crippen LogP contribution in [0.15, 0.2) is 67.3 Å². The fourth-order valence-electron chi connectivity index (χ4n) is 1.12. The van der Waals surface area contributed by atoms with Crippen molar-refractivity contribution in [2.45, 2.75) is 34.1 Å². The lowest BCUT2D eigenvalue weighted by atomic mass is 10.0. The molecule has 1 aromatic rings. The van der Waals surface area contributed by atoms with Gasteiger partial charge in [-0.2, -0.15) is 0 Å². The van der Waals surface area contributed by atoms with Crippen molar-refractivity contribution in [2.75, 3.05) is 0 Å². The normalized spacial score (nSPS) is 9.16. The molecule has 0 aliphatic heterocycles. The van der Waals surface area contributed by atoms with Crippen LogP contribution in [0.4, 0.5) is 0 Å². The number of Topliss-reactive ketones (excluding diaryl/α,β-unsaturated/α-hetero) is 1. The van der Waals surface area contributed by atoms with Crippen LogP contribution < -0.4 is 0 Å². The van der Waals surface area contributed by atoms with E-state index < -0.39 is 0 Å². The maximum atomic E-state index is 11.8. The number of hydrogen-bond acceptors (Lipinski definition) is 1. The highest BCUT2D eigenvalue weighted by molar-refractivity contribution is 6.10. The smallest absolute Gasteiger partial charge is 0.192 e. The lowest BCUT2D eigenvalue weighted by molar-refractivity contribution is 0.103. The van der Waals surface area contributed by atoms with Crippen molar-refractivity contribution in [3.05, 3.63) is 72.9 Å². The quantitative estimate of drug-likeness (QED) is 0.390. The highest BCUT2D eigenvalue weighted by Crippen LogP contribution is 2.08. The first-order valence-electron chi connectivity index (χ1n) is 6.76. The summed E-state index contributed by atoms with van der Waals surface area (Å²) in [6.45, 7) is 15.4. The first kappa shape index (κ1) is 19.4.